The van der Waals surface area contributed by atoms with E-state index in [1.165, 1.54) is 12.1 Å². The fourth-order valence-electron chi connectivity index (χ4n) is 3.95. The zero-order chi connectivity index (χ0) is 17.9. The van der Waals surface area contributed by atoms with E-state index in [0.29, 0.717) is 29.9 Å². The minimum atomic E-state index is -0.298. The summed E-state index contributed by atoms with van der Waals surface area (Å²) in [6, 6.07) is 9.79. The van der Waals surface area contributed by atoms with E-state index in [2.05, 4.69) is 4.98 Å². The average molecular weight is 356 g/mol. The highest BCUT2D eigenvalue weighted by atomic mass is 19.1. The summed E-state index contributed by atoms with van der Waals surface area (Å²) < 4.78 is 24.9. The quantitative estimate of drug-likeness (QED) is 0.827. The van der Waals surface area contributed by atoms with Gasteiger partial charge in [0, 0.05) is 31.3 Å². The largest absolute Gasteiger partial charge is 0.490 e. The summed E-state index contributed by atoms with van der Waals surface area (Å²) in [5.41, 5.74) is 0. The van der Waals surface area contributed by atoms with Crippen LogP contribution >= 0.6 is 0 Å². The summed E-state index contributed by atoms with van der Waals surface area (Å²) in [7, 11) is 0. The molecule has 0 N–H and O–H groups in total. The Morgan fingerprint density at radius 2 is 2.08 bits per heavy atom. The van der Waals surface area contributed by atoms with Crippen LogP contribution in [0, 0.1) is 17.7 Å². The Morgan fingerprint density at radius 3 is 2.88 bits per heavy atom. The van der Waals surface area contributed by atoms with E-state index >= 15 is 0 Å². The number of likely N-dealkylation sites (tertiary alicyclic amines) is 1. The number of amides is 1. The van der Waals surface area contributed by atoms with E-state index in [9.17, 15) is 9.18 Å². The fourth-order valence-corrected chi connectivity index (χ4v) is 3.95. The van der Waals surface area contributed by atoms with Crippen molar-refractivity contribution in [2.45, 2.75) is 18.9 Å². The molecule has 0 spiro atoms. The van der Waals surface area contributed by atoms with E-state index in [1.54, 1.807) is 36.7 Å². The van der Waals surface area contributed by atoms with Crippen LogP contribution in [0.25, 0.3) is 0 Å². The van der Waals surface area contributed by atoms with Gasteiger partial charge in [0.05, 0.1) is 6.20 Å². The predicted octanol–water partition coefficient (Wildman–Crippen LogP) is 2.92. The van der Waals surface area contributed by atoms with Gasteiger partial charge in [-0.2, -0.15) is 0 Å². The van der Waals surface area contributed by atoms with Crippen LogP contribution in [0.4, 0.5) is 4.39 Å². The number of pyridine rings is 1. The number of rotatable bonds is 5. The third-order valence-electron chi connectivity index (χ3n) is 5.22. The van der Waals surface area contributed by atoms with Crippen molar-refractivity contribution in [3.8, 4) is 11.5 Å². The molecule has 136 valence electrons. The molecule has 2 heterocycles. The number of benzene rings is 1. The summed E-state index contributed by atoms with van der Waals surface area (Å²) in [6.07, 6.45) is 5.25. The second-order valence-corrected chi connectivity index (χ2v) is 6.89. The molecule has 6 heteroatoms. The molecule has 3 atom stereocenters. The van der Waals surface area contributed by atoms with Crippen LogP contribution in [0.15, 0.2) is 48.8 Å². The predicted molar refractivity (Wildman–Crippen MR) is 93.3 cm³/mol. The average Bonchev–Trinajstić information content (AvgIpc) is 3.23. The zero-order valence-electron chi connectivity index (χ0n) is 14.4. The molecule has 1 aromatic carbocycles. The number of halogens is 1. The number of carbonyl (C=O) groups excluding carboxylic acids is 1. The van der Waals surface area contributed by atoms with Crippen LogP contribution in [-0.2, 0) is 4.79 Å². The molecule has 1 aliphatic carbocycles. The monoisotopic (exact) mass is 356 g/mol. The van der Waals surface area contributed by atoms with Gasteiger partial charge in [0.25, 0.3) is 5.91 Å². The van der Waals surface area contributed by atoms with Crippen molar-refractivity contribution < 1.29 is 18.7 Å². The highest BCUT2D eigenvalue weighted by molar-refractivity contribution is 5.78. The molecule has 0 bridgehead atoms. The van der Waals surface area contributed by atoms with Crippen molar-refractivity contribution in [2.24, 2.45) is 11.8 Å². The first-order valence-electron chi connectivity index (χ1n) is 8.92. The summed E-state index contributed by atoms with van der Waals surface area (Å²) in [5, 5.41) is 0. The van der Waals surface area contributed by atoms with Crippen LogP contribution < -0.4 is 9.47 Å². The standard InChI is InChI=1S/C20H21FN2O3/c21-15-3-1-4-16(9-15)26-19-7-6-14-11-23(12-18(14)19)20(24)13-25-17-5-2-8-22-10-17/h1-5,8-10,14,18-19H,6-7,11-13H2/t14-,18+,19-/m0/s1. The molecule has 1 saturated heterocycles. The van der Waals surface area contributed by atoms with Crippen molar-refractivity contribution in [2.75, 3.05) is 19.7 Å². The normalized spacial score (nSPS) is 24.3. The van der Waals surface area contributed by atoms with Crippen LogP contribution in [0.2, 0.25) is 0 Å². The van der Waals surface area contributed by atoms with Gasteiger partial charge in [-0.05, 0) is 43.0 Å². The van der Waals surface area contributed by atoms with Crippen LogP contribution in [-0.4, -0.2) is 41.6 Å². The van der Waals surface area contributed by atoms with Gasteiger partial charge in [-0.1, -0.05) is 6.07 Å². The van der Waals surface area contributed by atoms with Gasteiger partial charge in [0.1, 0.15) is 23.4 Å². The molecule has 1 saturated carbocycles. The van der Waals surface area contributed by atoms with Gasteiger partial charge in [0.2, 0.25) is 0 Å². The van der Waals surface area contributed by atoms with Crippen molar-refractivity contribution in [3.63, 3.8) is 0 Å². The topological polar surface area (TPSA) is 51.7 Å². The maximum absolute atomic E-state index is 13.4. The van der Waals surface area contributed by atoms with E-state index in [0.717, 1.165) is 19.4 Å². The van der Waals surface area contributed by atoms with E-state index < -0.39 is 0 Å². The number of nitrogens with zero attached hydrogens (tertiary/aromatic N) is 2. The lowest BCUT2D eigenvalue weighted by Gasteiger charge is -2.22. The smallest absolute Gasteiger partial charge is 0.260 e. The number of fused-ring (bicyclic) bond motifs is 1. The van der Waals surface area contributed by atoms with Crippen LogP contribution in [0.5, 0.6) is 11.5 Å². The van der Waals surface area contributed by atoms with Crippen molar-refractivity contribution in [1.29, 1.82) is 0 Å². The Balaban J connectivity index is 1.33. The first-order valence-corrected chi connectivity index (χ1v) is 8.92. The Labute approximate surface area is 151 Å². The van der Waals surface area contributed by atoms with E-state index in [-0.39, 0.29) is 24.4 Å². The third kappa shape index (κ3) is 3.64. The van der Waals surface area contributed by atoms with Crippen molar-refractivity contribution in [1.82, 2.24) is 9.88 Å². The molecule has 2 aliphatic rings. The summed E-state index contributed by atoms with van der Waals surface area (Å²) in [5.74, 6) is 1.56. The number of carbonyl (C=O) groups is 1. The lowest BCUT2D eigenvalue weighted by atomic mass is 9.99. The molecule has 0 unspecified atom stereocenters. The molecule has 2 fully saturated rings. The SMILES string of the molecule is O=C(COc1cccnc1)N1C[C@@H]2CC[C@H](Oc3cccc(F)c3)[C@@H]2C1. The summed E-state index contributed by atoms with van der Waals surface area (Å²) >= 11 is 0. The highest BCUT2D eigenvalue weighted by Crippen LogP contribution is 2.40. The number of hydrogen-bond acceptors (Lipinski definition) is 4. The van der Waals surface area contributed by atoms with Crippen molar-refractivity contribution >= 4 is 5.91 Å². The maximum Gasteiger partial charge on any atom is 0.260 e. The Bertz CT molecular complexity index is 771. The second-order valence-electron chi connectivity index (χ2n) is 6.89. The van der Waals surface area contributed by atoms with Crippen LogP contribution in [0.1, 0.15) is 12.8 Å². The fraction of sp³-hybridized carbons (Fsp3) is 0.400. The van der Waals surface area contributed by atoms with Gasteiger partial charge < -0.3 is 14.4 Å². The maximum atomic E-state index is 13.4. The first-order chi connectivity index (χ1) is 12.7. The lowest BCUT2D eigenvalue weighted by Crippen LogP contribution is -2.35. The molecule has 0 radical (unpaired) electrons. The second kappa shape index (κ2) is 7.32. The van der Waals surface area contributed by atoms with Gasteiger partial charge in [0.15, 0.2) is 6.61 Å². The number of ether oxygens (including phenoxy) is 2. The molecule has 1 aromatic heterocycles. The summed E-state index contributed by atoms with van der Waals surface area (Å²) in [4.78, 5) is 18.3. The van der Waals surface area contributed by atoms with Gasteiger partial charge in [-0.15, -0.1) is 0 Å². The van der Waals surface area contributed by atoms with Crippen LogP contribution in [0.3, 0.4) is 0 Å². The molecule has 4 rings (SSSR count). The molecule has 5 nitrogen and oxygen atoms in total. The molecule has 2 aromatic rings. The minimum Gasteiger partial charge on any atom is -0.490 e. The molecule has 26 heavy (non-hydrogen) atoms. The van der Waals surface area contributed by atoms with Crippen molar-refractivity contribution in [3.05, 3.63) is 54.6 Å². The number of hydrogen-bond donors (Lipinski definition) is 0. The van der Waals surface area contributed by atoms with Gasteiger partial charge in [-0.25, -0.2) is 4.39 Å². The Hall–Kier alpha value is -2.63. The third-order valence-corrected chi connectivity index (χ3v) is 5.22. The number of aromatic nitrogens is 1. The van der Waals surface area contributed by atoms with Gasteiger partial charge in [-0.3, -0.25) is 9.78 Å². The lowest BCUT2D eigenvalue weighted by molar-refractivity contribution is -0.132. The summed E-state index contributed by atoms with van der Waals surface area (Å²) in [6.45, 7) is 1.42. The molecule has 1 aliphatic heterocycles. The van der Waals surface area contributed by atoms with E-state index in [1.807, 2.05) is 4.90 Å². The van der Waals surface area contributed by atoms with E-state index in [4.69, 9.17) is 9.47 Å². The molecular formula is C20H21FN2O3. The molecule has 1 amide bonds. The Kier molecular flexibility index (Phi) is 4.73. The zero-order valence-corrected chi connectivity index (χ0v) is 14.4. The molecular weight excluding hydrogens is 335 g/mol. The first kappa shape index (κ1) is 16.8. The Morgan fingerprint density at radius 1 is 1.19 bits per heavy atom. The minimum absolute atomic E-state index is 0.0144. The highest BCUT2D eigenvalue weighted by Gasteiger charge is 2.45. The van der Waals surface area contributed by atoms with Gasteiger partial charge >= 0.3 is 0 Å².